The molecule has 1 aliphatic heterocycles. The molecule has 0 radical (unpaired) electrons. The van der Waals surface area contributed by atoms with Crippen molar-refractivity contribution in [3.05, 3.63) is 16.8 Å². The summed E-state index contributed by atoms with van der Waals surface area (Å²) in [6.07, 6.45) is 3.59. The van der Waals surface area contributed by atoms with Gasteiger partial charge in [-0.3, -0.25) is 0 Å². The number of hydrogen-bond donors (Lipinski definition) is 0. The smallest absolute Gasteiger partial charge is 0.169 e. The molecule has 0 N–H and O–H groups in total. The minimum absolute atomic E-state index is 0.692. The van der Waals surface area contributed by atoms with Gasteiger partial charge in [0, 0.05) is 13.1 Å². The van der Waals surface area contributed by atoms with E-state index in [1.807, 2.05) is 13.8 Å². The van der Waals surface area contributed by atoms with Crippen LogP contribution in [0.3, 0.4) is 0 Å². The first-order valence-electron chi connectivity index (χ1n) is 6.62. The Morgan fingerprint density at radius 2 is 2.00 bits per heavy atom. The van der Waals surface area contributed by atoms with Crippen molar-refractivity contribution in [2.24, 2.45) is 5.92 Å². The number of aromatic nitrogens is 2. The third-order valence-electron chi connectivity index (χ3n) is 3.86. The van der Waals surface area contributed by atoms with Crippen LogP contribution < -0.4 is 4.90 Å². The van der Waals surface area contributed by atoms with Crippen molar-refractivity contribution in [3.63, 3.8) is 0 Å². The van der Waals surface area contributed by atoms with Gasteiger partial charge in [0.25, 0.3) is 0 Å². The van der Waals surface area contributed by atoms with Crippen LogP contribution in [-0.2, 0) is 0 Å². The van der Waals surface area contributed by atoms with Gasteiger partial charge in [-0.25, -0.2) is 0 Å². The van der Waals surface area contributed by atoms with Crippen molar-refractivity contribution < 1.29 is 0 Å². The Hall–Kier alpha value is -1.63. The first kappa shape index (κ1) is 12.8. The number of aryl methyl sites for hydroxylation is 1. The highest BCUT2D eigenvalue weighted by Crippen LogP contribution is 2.25. The van der Waals surface area contributed by atoms with E-state index < -0.39 is 0 Å². The van der Waals surface area contributed by atoms with E-state index in [0.29, 0.717) is 5.56 Å². The maximum absolute atomic E-state index is 9.33. The molecule has 0 spiro atoms. The fraction of sp³-hybridized carbons (Fsp3) is 0.643. The third kappa shape index (κ3) is 2.45. The largest absolute Gasteiger partial charge is 0.354 e. The topological polar surface area (TPSA) is 52.8 Å². The molecule has 0 amide bonds. The Morgan fingerprint density at radius 1 is 1.22 bits per heavy atom. The predicted octanol–water partition coefficient (Wildman–Crippen LogP) is 2.59. The Labute approximate surface area is 109 Å². The predicted molar refractivity (Wildman–Crippen MR) is 71.4 cm³/mol. The van der Waals surface area contributed by atoms with Crippen molar-refractivity contribution in [2.75, 3.05) is 18.0 Å². The van der Waals surface area contributed by atoms with Gasteiger partial charge in [0.1, 0.15) is 11.6 Å². The molecule has 2 heterocycles. The highest BCUT2D eigenvalue weighted by molar-refractivity contribution is 5.57. The van der Waals surface area contributed by atoms with Crippen LogP contribution in [0, 0.1) is 31.1 Å². The Bertz CT molecular complexity index is 475. The van der Waals surface area contributed by atoms with E-state index in [9.17, 15) is 5.26 Å². The number of hydrogen-bond acceptors (Lipinski definition) is 4. The van der Waals surface area contributed by atoms with Gasteiger partial charge in [0.05, 0.1) is 5.69 Å². The summed E-state index contributed by atoms with van der Waals surface area (Å²) in [5, 5.41) is 17.8. The molecule has 1 aromatic rings. The summed E-state index contributed by atoms with van der Waals surface area (Å²) in [7, 11) is 0. The van der Waals surface area contributed by atoms with Crippen LogP contribution in [0.2, 0.25) is 0 Å². The second-order valence-electron chi connectivity index (χ2n) is 5.24. The average Bonchev–Trinajstić information content (AvgIpc) is 2.57. The summed E-state index contributed by atoms with van der Waals surface area (Å²) in [5.74, 6) is 1.54. The van der Waals surface area contributed by atoms with Gasteiger partial charge in [-0.1, -0.05) is 6.92 Å². The molecule has 0 saturated carbocycles. The minimum atomic E-state index is 0.692. The van der Waals surface area contributed by atoms with E-state index in [-0.39, 0.29) is 0 Å². The lowest BCUT2D eigenvalue weighted by atomic mass is 10.0. The Kier molecular flexibility index (Phi) is 3.81. The quantitative estimate of drug-likeness (QED) is 0.762. The minimum Gasteiger partial charge on any atom is -0.354 e. The lowest BCUT2D eigenvalue weighted by Crippen LogP contribution is -2.27. The number of nitriles is 1. The molecule has 0 aliphatic carbocycles. The van der Waals surface area contributed by atoms with Gasteiger partial charge in [-0.05, 0) is 44.6 Å². The monoisotopic (exact) mass is 244 g/mol. The molecule has 1 unspecified atom stereocenters. The van der Waals surface area contributed by atoms with Crippen molar-refractivity contribution in [1.29, 1.82) is 5.26 Å². The molecule has 1 saturated heterocycles. The molecule has 1 aromatic heterocycles. The van der Waals surface area contributed by atoms with E-state index in [4.69, 9.17) is 0 Å². The third-order valence-corrected chi connectivity index (χ3v) is 3.86. The summed E-state index contributed by atoms with van der Waals surface area (Å²) >= 11 is 0. The Morgan fingerprint density at radius 3 is 2.72 bits per heavy atom. The summed E-state index contributed by atoms with van der Waals surface area (Å²) in [6.45, 7) is 8.11. The molecule has 0 aromatic carbocycles. The van der Waals surface area contributed by atoms with E-state index in [1.54, 1.807) is 0 Å². The summed E-state index contributed by atoms with van der Waals surface area (Å²) < 4.78 is 0. The van der Waals surface area contributed by atoms with Crippen molar-refractivity contribution in [3.8, 4) is 6.07 Å². The van der Waals surface area contributed by atoms with Gasteiger partial charge >= 0.3 is 0 Å². The van der Waals surface area contributed by atoms with Gasteiger partial charge in [0.15, 0.2) is 5.82 Å². The fourth-order valence-corrected chi connectivity index (χ4v) is 2.43. The highest BCUT2D eigenvalue weighted by Gasteiger charge is 2.20. The molecule has 4 heteroatoms. The molecular weight excluding hydrogens is 224 g/mol. The molecule has 96 valence electrons. The zero-order valence-electron chi connectivity index (χ0n) is 11.4. The second kappa shape index (κ2) is 5.34. The fourth-order valence-electron chi connectivity index (χ4n) is 2.43. The van der Waals surface area contributed by atoms with Crippen LogP contribution in [0.25, 0.3) is 0 Å². The van der Waals surface area contributed by atoms with Crippen LogP contribution in [0.15, 0.2) is 0 Å². The first-order chi connectivity index (χ1) is 8.63. The highest BCUT2D eigenvalue weighted by atomic mass is 15.3. The van der Waals surface area contributed by atoms with E-state index in [0.717, 1.165) is 36.1 Å². The van der Waals surface area contributed by atoms with Crippen molar-refractivity contribution in [1.82, 2.24) is 10.2 Å². The SMILES string of the molecule is Cc1nnc(N2CCCC(C)CC2)c(C#N)c1C. The lowest BCUT2D eigenvalue weighted by Gasteiger charge is -2.22. The molecule has 1 aliphatic rings. The molecular formula is C14H20N4. The van der Waals surface area contributed by atoms with E-state index in [1.165, 1.54) is 19.3 Å². The summed E-state index contributed by atoms with van der Waals surface area (Å²) in [4.78, 5) is 2.22. The Balaban J connectivity index is 2.33. The van der Waals surface area contributed by atoms with Gasteiger partial charge in [-0.2, -0.15) is 10.4 Å². The molecule has 18 heavy (non-hydrogen) atoms. The average molecular weight is 244 g/mol. The molecule has 4 nitrogen and oxygen atoms in total. The number of rotatable bonds is 1. The van der Waals surface area contributed by atoms with Gasteiger partial charge in [0.2, 0.25) is 0 Å². The zero-order chi connectivity index (χ0) is 13.1. The second-order valence-corrected chi connectivity index (χ2v) is 5.24. The van der Waals surface area contributed by atoms with E-state index >= 15 is 0 Å². The number of nitrogens with zero attached hydrogens (tertiary/aromatic N) is 4. The zero-order valence-corrected chi connectivity index (χ0v) is 11.4. The van der Waals surface area contributed by atoms with E-state index in [2.05, 4.69) is 28.1 Å². The van der Waals surface area contributed by atoms with Gasteiger partial charge < -0.3 is 4.90 Å². The lowest BCUT2D eigenvalue weighted by molar-refractivity contribution is 0.521. The maximum Gasteiger partial charge on any atom is 0.169 e. The molecule has 1 atom stereocenters. The van der Waals surface area contributed by atoms with Crippen LogP contribution in [0.4, 0.5) is 5.82 Å². The van der Waals surface area contributed by atoms with Gasteiger partial charge in [-0.15, -0.1) is 5.10 Å². The van der Waals surface area contributed by atoms with Crippen molar-refractivity contribution in [2.45, 2.75) is 40.0 Å². The molecule has 1 fully saturated rings. The number of anilines is 1. The summed E-state index contributed by atoms with van der Waals surface area (Å²) in [5.41, 5.74) is 2.50. The maximum atomic E-state index is 9.33. The summed E-state index contributed by atoms with van der Waals surface area (Å²) in [6, 6.07) is 2.29. The van der Waals surface area contributed by atoms with Crippen molar-refractivity contribution >= 4 is 5.82 Å². The normalized spacial score (nSPS) is 20.3. The van der Waals surface area contributed by atoms with Crippen LogP contribution >= 0.6 is 0 Å². The molecule has 2 rings (SSSR count). The van der Waals surface area contributed by atoms with Crippen LogP contribution in [-0.4, -0.2) is 23.3 Å². The van der Waals surface area contributed by atoms with Crippen LogP contribution in [0.5, 0.6) is 0 Å². The molecule has 0 bridgehead atoms. The standard InChI is InChI=1S/C14H20N4/c1-10-5-4-7-18(8-6-10)14-13(9-15)11(2)12(3)16-17-14/h10H,4-8H2,1-3H3. The first-order valence-corrected chi connectivity index (χ1v) is 6.62. The van der Waals surface area contributed by atoms with Crippen LogP contribution in [0.1, 0.15) is 43.0 Å².